The third kappa shape index (κ3) is 2.69. The van der Waals surface area contributed by atoms with E-state index in [1.54, 1.807) is 38.1 Å². The van der Waals surface area contributed by atoms with E-state index in [0.29, 0.717) is 11.3 Å². The molecule has 34 heavy (non-hydrogen) atoms. The fourth-order valence-electron chi connectivity index (χ4n) is 5.99. The van der Waals surface area contributed by atoms with Gasteiger partial charge in [-0.2, -0.15) is 0 Å². The summed E-state index contributed by atoms with van der Waals surface area (Å²) in [4.78, 5) is 41.7. The maximum atomic E-state index is 14.0. The average molecular weight is 516 g/mol. The molecule has 3 aliphatic carbocycles. The van der Waals surface area contributed by atoms with E-state index in [9.17, 15) is 14.4 Å². The minimum absolute atomic E-state index is 0.202. The van der Waals surface area contributed by atoms with E-state index in [0.717, 1.165) is 22.3 Å². The summed E-state index contributed by atoms with van der Waals surface area (Å²) in [5, 5.41) is 0. The van der Waals surface area contributed by atoms with E-state index in [2.05, 4.69) is 28.1 Å². The molecule has 7 rings (SSSR count). The van der Waals surface area contributed by atoms with Crippen LogP contribution < -0.4 is 4.90 Å². The molecule has 170 valence electrons. The number of alkyl halides is 1. The number of imide groups is 1. The zero-order valence-corrected chi connectivity index (χ0v) is 20.3. The second kappa shape index (κ2) is 7.37. The van der Waals surface area contributed by atoms with Crippen molar-refractivity contribution in [1.82, 2.24) is 0 Å². The Morgan fingerprint density at radius 2 is 1.53 bits per heavy atom. The Bertz CT molecular complexity index is 1330. The van der Waals surface area contributed by atoms with Crippen molar-refractivity contribution in [2.24, 2.45) is 11.8 Å². The molecule has 1 saturated heterocycles. The number of ether oxygens (including phenoxy) is 1. The Labute approximate surface area is 205 Å². The van der Waals surface area contributed by atoms with Gasteiger partial charge >= 0.3 is 5.97 Å². The van der Waals surface area contributed by atoms with Gasteiger partial charge in [-0.05, 0) is 54.3 Å². The molecule has 5 nitrogen and oxygen atoms in total. The minimum atomic E-state index is -0.796. The summed E-state index contributed by atoms with van der Waals surface area (Å²) in [5.74, 6) is -2.28. The predicted molar refractivity (Wildman–Crippen MR) is 131 cm³/mol. The van der Waals surface area contributed by atoms with Gasteiger partial charge in [0.25, 0.3) is 0 Å². The largest absolute Gasteiger partial charge is 0.459 e. The first-order chi connectivity index (χ1) is 16.3. The van der Waals surface area contributed by atoms with Crippen LogP contribution in [0.15, 0.2) is 72.8 Å². The van der Waals surface area contributed by atoms with Crippen LogP contribution in [0.2, 0.25) is 0 Å². The Balaban J connectivity index is 1.49. The molecule has 4 aliphatic rings. The molecule has 2 amide bonds. The highest BCUT2D eigenvalue weighted by Gasteiger charge is 2.67. The number of benzene rings is 3. The van der Waals surface area contributed by atoms with Crippen LogP contribution in [0, 0.1) is 11.8 Å². The number of anilines is 1. The summed E-state index contributed by atoms with van der Waals surface area (Å²) in [5.41, 5.74) is 4.94. The van der Waals surface area contributed by atoms with Crippen molar-refractivity contribution in [2.75, 3.05) is 4.90 Å². The predicted octanol–water partition coefficient (Wildman–Crippen LogP) is 5.16. The molecular weight excluding hydrogens is 494 g/mol. The van der Waals surface area contributed by atoms with Crippen molar-refractivity contribution in [1.29, 1.82) is 0 Å². The van der Waals surface area contributed by atoms with Gasteiger partial charge in [0.1, 0.15) is 0 Å². The Kier molecular flexibility index (Phi) is 4.62. The molecule has 0 spiro atoms. The van der Waals surface area contributed by atoms with Crippen molar-refractivity contribution in [3.63, 3.8) is 0 Å². The minimum Gasteiger partial charge on any atom is -0.459 e. The van der Waals surface area contributed by atoms with E-state index in [1.807, 2.05) is 36.4 Å². The number of rotatable bonds is 3. The number of halogens is 1. The fourth-order valence-corrected chi connectivity index (χ4v) is 7.19. The van der Waals surface area contributed by atoms with Gasteiger partial charge in [0.05, 0.1) is 33.5 Å². The van der Waals surface area contributed by atoms with Crippen molar-refractivity contribution < 1.29 is 19.1 Å². The maximum Gasteiger partial charge on any atom is 0.338 e. The van der Waals surface area contributed by atoms with Crippen LogP contribution in [0.5, 0.6) is 0 Å². The zero-order chi connectivity index (χ0) is 23.8. The highest BCUT2D eigenvalue weighted by Crippen LogP contribution is 2.66. The summed E-state index contributed by atoms with van der Waals surface area (Å²) in [6.45, 7) is 3.56. The normalized spacial score (nSPS) is 26.4. The SMILES string of the molecule is CC(C)OC(=O)c1cccc(N2C(=O)[C@@H]3C4c5ccccc5C(Br)(c5ccccc54)[C@H]3C2=O)c1. The lowest BCUT2D eigenvalue weighted by Gasteiger charge is -2.51. The molecule has 3 aromatic rings. The molecule has 0 N–H and O–H groups in total. The van der Waals surface area contributed by atoms with Crippen molar-refractivity contribution in [3.8, 4) is 0 Å². The number of nitrogens with zero attached hydrogens (tertiary/aromatic N) is 1. The molecule has 0 radical (unpaired) electrons. The van der Waals surface area contributed by atoms with E-state index in [1.165, 1.54) is 4.90 Å². The molecule has 2 atom stereocenters. The summed E-state index contributed by atoms with van der Waals surface area (Å²) >= 11 is 4.00. The first kappa shape index (κ1) is 21.3. The molecule has 3 aromatic carbocycles. The molecule has 0 aromatic heterocycles. The molecule has 0 unspecified atom stereocenters. The second-order valence-electron chi connectivity index (χ2n) is 9.38. The number of carbonyl (C=O) groups excluding carboxylic acids is 3. The lowest BCUT2D eigenvalue weighted by Crippen LogP contribution is -2.50. The van der Waals surface area contributed by atoms with Crippen LogP contribution in [-0.4, -0.2) is 23.9 Å². The smallest absolute Gasteiger partial charge is 0.338 e. The standard InChI is InChI=1S/C28H22BrNO4/c1-15(2)34-27(33)16-8-7-9-17(14-16)30-25(31)23-22-18-10-3-5-12-20(18)28(29,24(23)26(30)32)21-13-6-4-11-19(21)22/h3-15,22-24H,1-2H3/t22?,23-,24-,28?/m1/s1. The van der Waals surface area contributed by atoms with E-state index in [4.69, 9.17) is 4.74 Å². The number of carbonyl (C=O) groups is 3. The lowest BCUT2D eigenvalue weighted by atomic mass is 9.55. The highest BCUT2D eigenvalue weighted by molar-refractivity contribution is 9.09. The first-order valence-electron chi connectivity index (χ1n) is 11.4. The Morgan fingerprint density at radius 1 is 0.912 bits per heavy atom. The molecule has 0 saturated carbocycles. The molecule has 1 heterocycles. The number of hydrogen-bond donors (Lipinski definition) is 0. The lowest BCUT2D eigenvalue weighted by molar-refractivity contribution is -0.122. The highest BCUT2D eigenvalue weighted by atomic mass is 79.9. The van der Waals surface area contributed by atoms with Crippen LogP contribution >= 0.6 is 15.9 Å². The van der Waals surface area contributed by atoms with Gasteiger partial charge in [-0.1, -0.05) is 70.5 Å². The van der Waals surface area contributed by atoms with E-state index < -0.39 is 22.1 Å². The average Bonchev–Trinajstić information content (AvgIpc) is 3.10. The fraction of sp³-hybridized carbons (Fsp3) is 0.250. The number of hydrogen-bond acceptors (Lipinski definition) is 4. The molecular formula is C28H22BrNO4. The third-order valence-electron chi connectivity index (χ3n) is 7.20. The van der Waals surface area contributed by atoms with Gasteiger partial charge < -0.3 is 4.74 Å². The van der Waals surface area contributed by atoms with E-state index in [-0.39, 0.29) is 23.8 Å². The van der Waals surface area contributed by atoms with Crippen molar-refractivity contribution in [3.05, 3.63) is 101 Å². The van der Waals surface area contributed by atoms with Gasteiger partial charge in [-0.15, -0.1) is 0 Å². The van der Waals surface area contributed by atoms with Crippen molar-refractivity contribution >= 4 is 39.4 Å². The zero-order valence-electron chi connectivity index (χ0n) is 18.7. The van der Waals surface area contributed by atoms with Gasteiger partial charge in [-0.25, -0.2) is 9.69 Å². The number of esters is 1. The van der Waals surface area contributed by atoms with Gasteiger partial charge in [-0.3, -0.25) is 9.59 Å². The summed E-state index contributed by atoms with van der Waals surface area (Å²) in [6.07, 6.45) is -0.269. The van der Waals surface area contributed by atoms with Crippen LogP contribution in [-0.2, 0) is 18.7 Å². The second-order valence-corrected chi connectivity index (χ2v) is 10.6. The summed E-state index contributed by atoms with van der Waals surface area (Å²) in [6, 6.07) is 22.7. The first-order valence-corrected chi connectivity index (χ1v) is 12.2. The van der Waals surface area contributed by atoms with Gasteiger partial charge in [0.2, 0.25) is 11.8 Å². The summed E-state index contributed by atoms with van der Waals surface area (Å²) < 4.78 is 4.52. The third-order valence-corrected chi connectivity index (χ3v) is 8.54. The molecule has 1 aliphatic heterocycles. The maximum absolute atomic E-state index is 14.0. The molecule has 2 bridgehead atoms. The topological polar surface area (TPSA) is 63.7 Å². The molecule has 1 fully saturated rings. The van der Waals surface area contributed by atoms with Crippen LogP contribution in [0.3, 0.4) is 0 Å². The Hall–Kier alpha value is -3.25. The number of amides is 2. The Morgan fingerprint density at radius 3 is 2.15 bits per heavy atom. The van der Waals surface area contributed by atoms with Gasteiger partial charge in [0, 0.05) is 5.92 Å². The monoisotopic (exact) mass is 515 g/mol. The van der Waals surface area contributed by atoms with Crippen molar-refractivity contribution in [2.45, 2.75) is 30.2 Å². The van der Waals surface area contributed by atoms with E-state index >= 15 is 0 Å². The molecule has 6 heteroatoms. The quantitative estimate of drug-likeness (QED) is 0.274. The van der Waals surface area contributed by atoms with Crippen LogP contribution in [0.25, 0.3) is 0 Å². The van der Waals surface area contributed by atoms with Gasteiger partial charge in [0.15, 0.2) is 0 Å². The van der Waals surface area contributed by atoms with Crippen LogP contribution in [0.1, 0.15) is 52.4 Å². The van der Waals surface area contributed by atoms with Crippen LogP contribution in [0.4, 0.5) is 5.69 Å². The summed E-state index contributed by atoms with van der Waals surface area (Å²) in [7, 11) is 0.